The van der Waals surface area contributed by atoms with E-state index >= 15 is 0 Å². The molecular formula is C53H49NO2S4. The summed E-state index contributed by atoms with van der Waals surface area (Å²) in [6.45, 7) is 13.9. The van der Waals surface area contributed by atoms with E-state index in [1.54, 1.807) is 29.7 Å². The van der Waals surface area contributed by atoms with Gasteiger partial charge in [-0.2, -0.15) is 0 Å². The summed E-state index contributed by atoms with van der Waals surface area (Å²) in [6, 6.07) is 36.2. The molecule has 2 amide bonds. The third kappa shape index (κ3) is 6.13. The van der Waals surface area contributed by atoms with Crippen LogP contribution in [0.25, 0.3) is 83.1 Å². The largest absolute Gasteiger partial charge is 0.277 e. The molecule has 60 heavy (non-hydrogen) atoms. The maximum Gasteiger partial charge on any atom is 0.261 e. The van der Waals surface area contributed by atoms with E-state index < -0.39 is 0 Å². The van der Waals surface area contributed by atoms with E-state index in [1.807, 2.05) is 22.7 Å². The van der Waals surface area contributed by atoms with E-state index in [-0.39, 0.29) is 22.6 Å². The smallest absolute Gasteiger partial charge is 0.261 e. The molecule has 1 aliphatic heterocycles. The van der Waals surface area contributed by atoms with Gasteiger partial charge < -0.3 is 0 Å². The zero-order valence-corrected chi connectivity index (χ0v) is 38.6. The highest BCUT2D eigenvalue weighted by molar-refractivity contribution is 7.27. The van der Waals surface area contributed by atoms with Gasteiger partial charge in [0, 0.05) is 73.0 Å². The molecule has 7 heteroatoms. The van der Waals surface area contributed by atoms with Gasteiger partial charge in [0.2, 0.25) is 0 Å². The molecule has 1 atom stereocenters. The lowest BCUT2D eigenvalue weighted by molar-refractivity contribution is 0.0693. The quantitative estimate of drug-likeness (QED) is 0.0960. The third-order valence-corrected chi connectivity index (χ3v) is 18.7. The summed E-state index contributed by atoms with van der Waals surface area (Å²) in [6.07, 6.45) is 7.01. The second-order valence-electron chi connectivity index (χ2n) is 17.7. The number of amides is 2. The van der Waals surface area contributed by atoms with Gasteiger partial charge in [-0.25, -0.2) is 0 Å². The molecule has 0 N–H and O–H groups in total. The van der Waals surface area contributed by atoms with E-state index in [4.69, 9.17) is 0 Å². The Morgan fingerprint density at radius 2 is 1.00 bits per heavy atom. The monoisotopic (exact) mass is 859 g/mol. The zero-order chi connectivity index (χ0) is 41.7. The normalized spacial score (nSPS) is 14.5. The van der Waals surface area contributed by atoms with Crippen molar-refractivity contribution in [3.63, 3.8) is 0 Å². The number of carbonyl (C=O) groups is 2. The van der Waals surface area contributed by atoms with Crippen LogP contribution in [0.15, 0.2) is 97.1 Å². The number of hydrogen-bond donors (Lipinski definition) is 0. The topological polar surface area (TPSA) is 37.4 Å². The van der Waals surface area contributed by atoms with Gasteiger partial charge >= 0.3 is 0 Å². The third-order valence-electron chi connectivity index (χ3n) is 13.4. The van der Waals surface area contributed by atoms with Crippen LogP contribution in [0.2, 0.25) is 0 Å². The van der Waals surface area contributed by atoms with E-state index in [2.05, 4.69) is 139 Å². The van der Waals surface area contributed by atoms with Gasteiger partial charge in [0.1, 0.15) is 0 Å². The molecule has 0 aliphatic carbocycles. The van der Waals surface area contributed by atoms with E-state index in [0.717, 1.165) is 45.0 Å². The van der Waals surface area contributed by atoms with Crippen molar-refractivity contribution >= 4 is 110 Å². The molecule has 0 saturated carbocycles. The maximum absolute atomic E-state index is 13.8. The number of nitrogens with zero attached hydrogens (tertiary/aromatic N) is 1. The fourth-order valence-corrected chi connectivity index (χ4v) is 14.3. The highest BCUT2D eigenvalue weighted by Gasteiger charge is 2.38. The minimum atomic E-state index is -0.230. The number of rotatable bonds is 11. The molecule has 5 aromatic carbocycles. The van der Waals surface area contributed by atoms with Crippen molar-refractivity contribution in [1.29, 1.82) is 0 Å². The first-order valence-corrected chi connectivity index (χ1v) is 24.7. The predicted molar refractivity (Wildman–Crippen MR) is 263 cm³/mol. The van der Waals surface area contributed by atoms with Crippen LogP contribution in [-0.2, 0) is 10.8 Å². The molecular weight excluding hydrogens is 811 g/mol. The average Bonchev–Trinajstić information content (AvgIpc) is 4.11. The number of benzene rings is 5. The predicted octanol–water partition coefficient (Wildman–Crippen LogP) is 16.9. The summed E-state index contributed by atoms with van der Waals surface area (Å²) in [5.41, 5.74) is 3.00. The van der Waals surface area contributed by atoms with Crippen LogP contribution in [-0.4, -0.2) is 23.8 Å². The van der Waals surface area contributed by atoms with Gasteiger partial charge in [-0.1, -0.05) is 109 Å². The molecule has 0 fully saturated rings. The first-order valence-electron chi connectivity index (χ1n) is 21.4. The summed E-state index contributed by atoms with van der Waals surface area (Å²) < 4.78 is 2.63. The Morgan fingerprint density at radius 3 is 1.58 bits per heavy atom. The number of imide groups is 1. The molecule has 9 aromatic rings. The summed E-state index contributed by atoms with van der Waals surface area (Å²) in [5.74, 6) is -0.456. The number of unbranched alkanes of at least 4 members (excludes halogenated alkanes) is 1. The summed E-state index contributed by atoms with van der Waals surface area (Å²) in [4.78, 5) is 36.0. The Labute approximate surface area is 368 Å². The molecule has 4 aromatic heterocycles. The van der Waals surface area contributed by atoms with E-state index in [1.165, 1.54) is 91.3 Å². The Bertz CT molecular complexity index is 3210. The second-order valence-corrected chi connectivity index (χ2v) is 22.0. The number of hydrogen-bond acceptors (Lipinski definition) is 6. The minimum Gasteiger partial charge on any atom is -0.277 e. The van der Waals surface area contributed by atoms with Crippen LogP contribution in [0.3, 0.4) is 0 Å². The first kappa shape index (κ1) is 39.5. The lowest BCUT2D eigenvalue weighted by atomic mass is 9.81. The Kier molecular flexibility index (Phi) is 9.71. The Balaban J connectivity index is 1.01. The van der Waals surface area contributed by atoms with E-state index in [9.17, 15) is 9.59 Å². The molecule has 0 saturated heterocycles. The summed E-state index contributed by atoms with van der Waals surface area (Å²) >= 11 is 7.22. The number of thiophene rings is 4. The van der Waals surface area contributed by atoms with Crippen molar-refractivity contribution in [3.8, 4) is 30.6 Å². The molecule has 0 radical (unpaired) electrons. The standard InChI is InChI=1S/C53H49NO2S4/c1-8-11-27-52(4,5)46-25-24-41(59-46)37-17-16-36(48-49(37)51(56)54(7)50(48)55)40-22-23-44(57-40)45-28-38-34-14-12-31-30(32(34)18-20-42(38)58-45)13-15-35-33(31)19-21-43-39(35)29-47(60-43)53(6,10-3)26-9-2/h12-25,28-29H,8-11,26-27H2,1-7H3. The van der Waals surface area contributed by atoms with Gasteiger partial charge in [0.05, 0.1) is 11.1 Å². The number of carbonyl (C=O) groups excluding carboxylic acids is 2. The van der Waals surface area contributed by atoms with Crippen LogP contribution in [0, 0.1) is 0 Å². The maximum atomic E-state index is 13.8. The van der Waals surface area contributed by atoms with Crippen LogP contribution in [0.5, 0.6) is 0 Å². The highest BCUT2D eigenvalue weighted by atomic mass is 32.1. The fraction of sp³-hybridized carbons (Fsp3) is 0.283. The summed E-state index contributed by atoms with van der Waals surface area (Å²) in [7, 11) is 1.60. The summed E-state index contributed by atoms with van der Waals surface area (Å²) in [5, 5.41) is 10.4. The second kappa shape index (κ2) is 14.8. The minimum absolute atomic E-state index is 0.0566. The molecule has 302 valence electrons. The molecule has 1 unspecified atom stereocenters. The van der Waals surface area contributed by atoms with Crippen molar-refractivity contribution in [1.82, 2.24) is 4.90 Å². The van der Waals surface area contributed by atoms with Gasteiger partial charge in [0.25, 0.3) is 11.8 Å². The molecule has 0 bridgehead atoms. The van der Waals surface area contributed by atoms with Crippen molar-refractivity contribution in [2.45, 2.75) is 90.9 Å². The lowest BCUT2D eigenvalue weighted by Crippen LogP contribution is -2.24. The van der Waals surface area contributed by atoms with Crippen molar-refractivity contribution < 1.29 is 9.59 Å². The number of fused-ring (bicyclic) bond motifs is 10. The zero-order valence-electron chi connectivity index (χ0n) is 35.4. The highest BCUT2D eigenvalue weighted by Crippen LogP contribution is 2.48. The average molecular weight is 860 g/mol. The molecule has 10 rings (SSSR count). The Morgan fingerprint density at radius 1 is 0.483 bits per heavy atom. The SMILES string of the molecule is CCCCC(C)(C)c1ccc(-c2ccc(-c3ccc(-c4cc5c(ccc6c5ccc5c7ccc8sc(C(C)(CC)CCC)cc8c7ccc65)s4)s3)c3c2C(=O)N(C)C3=O)s1. The van der Waals surface area contributed by atoms with Gasteiger partial charge in [-0.15, -0.1) is 45.3 Å². The van der Waals surface area contributed by atoms with Gasteiger partial charge in [0.15, 0.2) is 0 Å². The fourth-order valence-electron chi connectivity index (χ4n) is 9.61. The van der Waals surface area contributed by atoms with E-state index in [0.29, 0.717) is 11.1 Å². The van der Waals surface area contributed by atoms with Crippen LogP contribution in [0.4, 0.5) is 0 Å². The first-order chi connectivity index (χ1) is 28.9. The molecule has 1 aliphatic rings. The molecule has 3 nitrogen and oxygen atoms in total. The Hall–Kier alpha value is -4.66. The van der Waals surface area contributed by atoms with Crippen LogP contribution < -0.4 is 0 Å². The van der Waals surface area contributed by atoms with Crippen molar-refractivity contribution in [2.75, 3.05) is 7.05 Å². The van der Waals surface area contributed by atoms with Gasteiger partial charge in [-0.3, -0.25) is 14.5 Å². The molecule has 5 heterocycles. The van der Waals surface area contributed by atoms with Crippen molar-refractivity contribution in [3.05, 3.63) is 118 Å². The molecule has 0 spiro atoms. The van der Waals surface area contributed by atoms with Crippen molar-refractivity contribution in [2.24, 2.45) is 0 Å². The van der Waals surface area contributed by atoms with Gasteiger partial charge in [-0.05, 0) is 106 Å². The van der Waals surface area contributed by atoms with Crippen LogP contribution in [0.1, 0.15) is 111 Å². The van der Waals surface area contributed by atoms with Crippen LogP contribution >= 0.6 is 45.3 Å². The lowest BCUT2D eigenvalue weighted by Gasteiger charge is -2.26.